The van der Waals surface area contributed by atoms with Gasteiger partial charge in [-0.05, 0) is 16.9 Å². The van der Waals surface area contributed by atoms with Crippen molar-refractivity contribution in [3.05, 3.63) is 35.9 Å². The molecule has 0 aliphatic heterocycles. The van der Waals surface area contributed by atoms with Crippen LogP contribution in [0.5, 0.6) is 0 Å². The molecule has 13 heavy (non-hydrogen) atoms. The second kappa shape index (κ2) is 4.92. The van der Waals surface area contributed by atoms with E-state index >= 15 is 0 Å². The molecule has 0 unspecified atom stereocenters. The van der Waals surface area contributed by atoms with Crippen molar-refractivity contribution in [2.24, 2.45) is 0 Å². The molecule has 1 N–H and O–H groups in total. The summed E-state index contributed by atoms with van der Waals surface area (Å²) in [6, 6.07) is 9.88. The van der Waals surface area contributed by atoms with Gasteiger partial charge in [-0.1, -0.05) is 36.9 Å². The third-order valence-corrected chi connectivity index (χ3v) is 2.66. The van der Waals surface area contributed by atoms with Crippen LogP contribution < -0.4 is 0 Å². The fourth-order valence-electron chi connectivity index (χ4n) is 1.08. The molecular formula is C10H14NOS+. The molecule has 1 aromatic rings. The van der Waals surface area contributed by atoms with Crippen LogP contribution in [-0.4, -0.2) is 27.8 Å². The fraction of sp³-hybridized carbons (Fsp3) is 0.300. The van der Waals surface area contributed by atoms with Gasteiger partial charge in [0.2, 0.25) is 0 Å². The van der Waals surface area contributed by atoms with E-state index in [0.717, 1.165) is 16.4 Å². The highest BCUT2D eigenvalue weighted by atomic mass is 32.2. The van der Waals surface area contributed by atoms with Crippen LogP contribution in [0.2, 0.25) is 0 Å². The van der Waals surface area contributed by atoms with Crippen LogP contribution in [0, 0.1) is 0 Å². The number of benzene rings is 1. The second-order valence-electron chi connectivity index (χ2n) is 2.63. The molecule has 0 aliphatic carbocycles. The van der Waals surface area contributed by atoms with Crippen molar-refractivity contribution in [3.63, 3.8) is 0 Å². The highest BCUT2D eigenvalue weighted by Gasteiger charge is 2.12. The van der Waals surface area contributed by atoms with Gasteiger partial charge in [-0.2, -0.15) is 0 Å². The molecule has 0 heterocycles. The Bertz CT molecular complexity index is 291. The molecule has 0 atom stereocenters. The topological polar surface area (TPSA) is 23.2 Å². The Balaban J connectivity index is 2.97. The largest absolute Gasteiger partial charge is 0.291 e. The predicted octanol–water partition coefficient (Wildman–Crippen LogP) is 2.22. The number of hydroxylamine groups is 1. The van der Waals surface area contributed by atoms with Gasteiger partial charge < -0.3 is 0 Å². The summed E-state index contributed by atoms with van der Waals surface area (Å²) >= 11 is 1.63. The molecule has 1 rings (SSSR count). The van der Waals surface area contributed by atoms with E-state index in [2.05, 4.69) is 6.92 Å². The van der Waals surface area contributed by atoms with Crippen LogP contribution in [0.15, 0.2) is 30.3 Å². The van der Waals surface area contributed by atoms with E-state index in [1.807, 2.05) is 30.3 Å². The molecule has 3 heteroatoms. The molecule has 0 aromatic heterocycles. The quantitative estimate of drug-likeness (QED) is 0.258. The lowest BCUT2D eigenvalue weighted by molar-refractivity contribution is -0.752. The molecule has 0 saturated heterocycles. The van der Waals surface area contributed by atoms with Crippen molar-refractivity contribution >= 4 is 16.8 Å². The molecule has 0 amide bonds. The summed E-state index contributed by atoms with van der Waals surface area (Å²) in [4.78, 5) is 0. The van der Waals surface area contributed by atoms with Crippen LogP contribution in [0.25, 0.3) is 0 Å². The van der Waals surface area contributed by atoms with Crippen molar-refractivity contribution in [2.75, 3.05) is 12.8 Å². The second-order valence-corrected chi connectivity index (χ2v) is 3.88. The third kappa shape index (κ3) is 2.77. The summed E-state index contributed by atoms with van der Waals surface area (Å²) in [6.45, 7) is 2.07. The number of thioether (sulfide) groups is 1. The number of hydrogen-bond donors (Lipinski definition) is 1. The third-order valence-electron chi connectivity index (χ3n) is 1.60. The Labute approximate surface area is 82.9 Å². The van der Waals surface area contributed by atoms with Crippen molar-refractivity contribution in [3.8, 4) is 0 Å². The lowest BCUT2D eigenvalue weighted by Gasteiger charge is -1.98. The molecule has 0 radical (unpaired) electrons. The molecule has 0 spiro atoms. The van der Waals surface area contributed by atoms with Gasteiger partial charge >= 0.3 is 0 Å². The zero-order valence-corrected chi connectivity index (χ0v) is 8.71. The van der Waals surface area contributed by atoms with E-state index in [-0.39, 0.29) is 0 Å². The summed E-state index contributed by atoms with van der Waals surface area (Å²) in [5, 5.41) is 10.3. The van der Waals surface area contributed by atoms with Crippen LogP contribution in [0.3, 0.4) is 0 Å². The van der Waals surface area contributed by atoms with Gasteiger partial charge in [-0.25, -0.2) is 0 Å². The summed E-state index contributed by atoms with van der Waals surface area (Å²) < 4.78 is 1.17. The molecule has 0 saturated carbocycles. The van der Waals surface area contributed by atoms with Crippen molar-refractivity contribution in [1.29, 1.82) is 0 Å². The first-order valence-corrected chi connectivity index (χ1v) is 5.22. The smallest absolute Gasteiger partial charge is 0.290 e. The van der Waals surface area contributed by atoms with Gasteiger partial charge in [0.1, 0.15) is 0 Å². The van der Waals surface area contributed by atoms with E-state index in [1.165, 1.54) is 4.74 Å². The summed E-state index contributed by atoms with van der Waals surface area (Å²) in [6.07, 6.45) is 0. The first-order chi connectivity index (χ1) is 6.25. The maximum Gasteiger partial charge on any atom is 0.291 e. The summed E-state index contributed by atoms with van der Waals surface area (Å²) in [5.41, 5.74) is 1.05. The molecule has 0 fully saturated rings. The predicted molar refractivity (Wildman–Crippen MR) is 56.7 cm³/mol. The highest BCUT2D eigenvalue weighted by molar-refractivity contribution is 8.14. The van der Waals surface area contributed by atoms with E-state index in [0.29, 0.717) is 0 Å². The van der Waals surface area contributed by atoms with Crippen LogP contribution in [0.1, 0.15) is 12.5 Å². The van der Waals surface area contributed by atoms with Gasteiger partial charge in [-0.3, -0.25) is 5.21 Å². The maximum atomic E-state index is 9.37. The molecule has 1 aromatic carbocycles. The fourth-order valence-corrected chi connectivity index (χ4v) is 1.84. The summed E-state index contributed by atoms with van der Waals surface area (Å²) in [7, 11) is 1.64. The Kier molecular flexibility index (Phi) is 3.83. The molecule has 70 valence electrons. The minimum atomic E-state index is 0.892. The number of hydrogen-bond acceptors (Lipinski definition) is 2. The Morgan fingerprint density at radius 1 is 1.38 bits per heavy atom. The highest BCUT2D eigenvalue weighted by Crippen LogP contribution is 2.11. The molecule has 0 bridgehead atoms. The first kappa shape index (κ1) is 10.1. The zero-order chi connectivity index (χ0) is 9.68. The van der Waals surface area contributed by atoms with E-state index in [9.17, 15) is 5.21 Å². The standard InChI is InChI=1S/C10H14NOS/c1-3-13-10(11(2)12)9-7-5-4-6-8-9/h4-8,12H,3H2,1-2H3/q+1/b11-10-. The van der Waals surface area contributed by atoms with Gasteiger partial charge in [0, 0.05) is 5.75 Å². The Morgan fingerprint density at radius 2 is 2.00 bits per heavy atom. The zero-order valence-electron chi connectivity index (χ0n) is 7.90. The lowest BCUT2D eigenvalue weighted by atomic mass is 10.2. The Hall–Kier alpha value is -0.960. The van der Waals surface area contributed by atoms with Crippen molar-refractivity contribution in [1.82, 2.24) is 0 Å². The number of nitrogens with zero attached hydrogens (tertiary/aromatic N) is 1. The Morgan fingerprint density at radius 3 is 2.46 bits per heavy atom. The lowest BCUT2D eigenvalue weighted by Crippen LogP contribution is -2.11. The minimum Gasteiger partial charge on any atom is -0.290 e. The van der Waals surface area contributed by atoms with E-state index in [4.69, 9.17) is 0 Å². The molecule has 0 aliphatic rings. The SMILES string of the molecule is CCS/C(c1ccccc1)=[N+](/C)O. The minimum absolute atomic E-state index is 0.892. The average molecular weight is 196 g/mol. The molecular weight excluding hydrogens is 182 g/mol. The average Bonchev–Trinajstić information content (AvgIpc) is 2.15. The maximum absolute atomic E-state index is 9.37. The van der Waals surface area contributed by atoms with Crippen LogP contribution in [0.4, 0.5) is 0 Å². The van der Waals surface area contributed by atoms with Crippen LogP contribution in [-0.2, 0) is 0 Å². The normalized spacial score (nSPS) is 12.5. The van der Waals surface area contributed by atoms with Gasteiger partial charge in [0.15, 0.2) is 7.05 Å². The van der Waals surface area contributed by atoms with Crippen LogP contribution >= 0.6 is 11.8 Å². The van der Waals surface area contributed by atoms with Gasteiger partial charge in [0.25, 0.3) is 5.04 Å². The van der Waals surface area contributed by atoms with E-state index in [1.54, 1.807) is 18.8 Å². The van der Waals surface area contributed by atoms with Gasteiger partial charge in [0.05, 0.1) is 5.56 Å². The van der Waals surface area contributed by atoms with E-state index < -0.39 is 0 Å². The van der Waals surface area contributed by atoms with Crippen molar-refractivity contribution in [2.45, 2.75) is 6.92 Å². The monoisotopic (exact) mass is 196 g/mol. The van der Waals surface area contributed by atoms with Gasteiger partial charge in [-0.15, -0.1) is 0 Å². The molecule has 2 nitrogen and oxygen atoms in total. The number of rotatable bonds is 2. The van der Waals surface area contributed by atoms with Crippen molar-refractivity contribution < 1.29 is 9.95 Å². The summed E-state index contributed by atoms with van der Waals surface area (Å²) in [5.74, 6) is 0.953. The first-order valence-electron chi connectivity index (χ1n) is 4.23.